The first-order chi connectivity index (χ1) is 11.0. The first-order valence-electron chi connectivity index (χ1n) is 7.52. The third-order valence-electron chi connectivity index (χ3n) is 4.31. The molecule has 2 aliphatic rings. The molecule has 2 aliphatic heterocycles. The molecular formula is C14H20N6O3. The quantitative estimate of drug-likeness (QED) is 0.739. The lowest BCUT2D eigenvalue weighted by molar-refractivity contribution is -0.130. The molecule has 0 radical (unpaired) electrons. The molecule has 0 bridgehead atoms. The van der Waals surface area contributed by atoms with Crippen LogP contribution >= 0.6 is 0 Å². The monoisotopic (exact) mass is 320 g/mol. The average Bonchev–Trinajstić information content (AvgIpc) is 3.15. The van der Waals surface area contributed by atoms with Gasteiger partial charge in [-0.2, -0.15) is 5.10 Å². The zero-order chi connectivity index (χ0) is 16.6. The van der Waals surface area contributed by atoms with Gasteiger partial charge in [0.2, 0.25) is 5.91 Å². The Balaban J connectivity index is 1.75. The summed E-state index contributed by atoms with van der Waals surface area (Å²) in [6.07, 6.45) is 2.41. The van der Waals surface area contributed by atoms with E-state index in [2.05, 4.69) is 15.4 Å². The number of amides is 2. The number of carbonyl (C=O) groups is 2. The molecule has 0 N–H and O–H groups in total. The van der Waals surface area contributed by atoms with Crippen LogP contribution < -0.4 is 0 Å². The number of nitrogens with zero attached hydrogens (tertiary/aromatic N) is 6. The summed E-state index contributed by atoms with van der Waals surface area (Å²) in [6.45, 7) is 0.986. The van der Waals surface area contributed by atoms with Crippen molar-refractivity contribution in [1.29, 1.82) is 0 Å². The van der Waals surface area contributed by atoms with E-state index >= 15 is 0 Å². The summed E-state index contributed by atoms with van der Waals surface area (Å²) in [6, 6.07) is 0. The molecule has 23 heavy (non-hydrogen) atoms. The highest BCUT2D eigenvalue weighted by Crippen LogP contribution is 2.28. The minimum Gasteiger partial charge on any atom is -0.379 e. The third kappa shape index (κ3) is 2.96. The Labute approximate surface area is 133 Å². The number of hydrogen-bond donors (Lipinski definition) is 0. The molecule has 1 aromatic heterocycles. The number of carbonyl (C=O) groups excluding carboxylic acids is 2. The van der Waals surface area contributed by atoms with Crippen LogP contribution in [0, 0.1) is 0 Å². The van der Waals surface area contributed by atoms with Crippen molar-refractivity contribution in [1.82, 2.24) is 24.9 Å². The smallest absolute Gasteiger partial charge is 0.270 e. The fraction of sp³-hybridized carbons (Fsp3) is 0.643. The lowest BCUT2D eigenvalue weighted by Crippen LogP contribution is -2.40. The van der Waals surface area contributed by atoms with Crippen molar-refractivity contribution in [3.8, 4) is 0 Å². The van der Waals surface area contributed by atoms with Gasteiger partial charge in [0, 0.05) is 53.3 Å². The van der Waals surface area contributed by atoms with Crippen molar-refractivity contribution in [3.05, 3.63) is 11.9 Å². The van der Waals surface area contributed by atoms with Crippen LogP contribution in [-0.2, 0) is 21.4 Å². The van der Waals surface area contributed by atoms with Crippen LogP contribution in [0.3, 0.4) is 0 Å². The third-order valence-corrected chi connectivity index (χ3v) is 4.31. The van der Waals surface area contributed by atoms with E-state index in [1.54, 1.807) is 30.8 Å². The van der Waals surface area contributed by atoms with Crippen LogP contribution in [0.15, 0.2) is 11.3 Å². The van der Waals surface area contributed by atoms with Gasteiger partial charge in [0.1, 0.15) is 5.71 Å². The zero-order valence-electron chi connectivity index (χ0n) is 13.5. The summed E-state index contributed by atoms with van der Waals surface area (Å²) >= 11 is 0. The minimum absolute atomic E-state index is 0.0128. The normalized spacial score (nSPS) is 25.0. The van der Waals surface area contributed by atoms with E-state index in [9.17, 15) is 9.59 Å². The second-order valence-corrected chi connectivity index (χ2v) is 5.87. The van der Waals surface area contributed by atoms with Crippen LogP contribution in [0.25, 0.3) is 0 Å². The van der Waals surface area contributed by atoms with E-state index < -0.39 is 0 Å². The molecule has 0 aliphatic carbocycles. The number of aryl methyl sites for hydroxylation is 1. The Bertz CT molecular complexity index is 655. The maximum atomic E-state index is 12.7. The van der Waals surface area contributed by atoms with Gasteiger partial charge >= 0.3 is 0 Å². The van der Waals surface area contributed by atoms with Crippen molar-refractivity contribution >= 4 is 17.5 Å². The van der Waals surface area contributed by atoms with Crippen molar-refractivity contribution < 1.29 is 14.3 Å². The molecule has 1 saturated heterocycles. The molecule has 0 aromatic carbocycles. The van der Waals surface area contributed by atoms with Crippen molar-refractivity contribution in [2.24, 2.45) is 12.1 Å². The molecule has 2 amide bonds. The van der Waals surface area contributed by atoms with E-state index in [1.165, 1.54) is 5.01 Å². The van der Waals surface area contributed by atoms with Crippen molar-refractivity contribution in [2.75, 3.05) is 27.2 Å². The Morgan fingerprint density at radius 2 is 2.09 bits per heavy atom. The van der Waals surface area contributed by atoms with E-state index in [4.69, 9.17) is 4.74 Å². The molecule has 1 fully saturated rings. The molecule has 0 saturated carbocycles. The summed E-state index contributed by atoms with van der Waals surface area (Å²) < 4.78 is 7.16. The summed E-state index contributed by atoms with van der Waals surface area (Å²) in [5.41, 5.74) is 1.23. The number of ether oxygens (including phenoxy) is 1. The van der Waals surface area contributed by atoms with Crippen LogP contribution in [0.1, 0.15) is 24.5 Å². The number of hydrazone groups is 1. The van der Waals surface area contributed by atoms with Gasteiger partial charge in [-0.15, -0.1) is 5.10 Å². The summed E-state index contributed by atoms with van der Waals surface area (Å²) in [4.78, 5) is 25.9. The molecule has 124 valence electrons. The number of aromatic nitrogens is 3. The Morgan fingerprint density at radius 3 is 2.70 bits per heavy atom. The number of likely N-dealkylation sites (tertiary alicyclic amines) is 1. The minimum atomic E-state index is -0.141. The van der Waals surface area contributed by atoms with Gasteiger partial charge in [-0.1, -0.05) is 5.21 Å². The summed E-state index contributed by atoms with van der Waals surface area (Å²) in [7, 11) is 5.01. The van der Waals surface area contributed by atoms with Gasteiger partial charge in [0.15, 0.2) is 0 Å². The lowest BCUT2D eigenvalue weighted by atomic mass is 10.0. The zero-order valence-corrected chi connectivity index (χ0v) is 13.5. The summed E-state index contributed by atoms with van der Waals surface area (Å²) in [5, 5.41) is 13.4. The van der Waals surface area contributed by atoms with Gasteiger partial charge in [-0.25, -0.2) is 5.01 Å². The molecule has 1 aromatic rings. The van der Waals surface area contributed by atoms with E-state index in [1.807, 2.05) is 6.20 Å². The number of hydrogen-bond acceptors (Lipinski definition) is 6. The van der Waals surface area contributed by atoms with Crippen LogP contribution in [0.5, 0.6) is 0 Å². The lowest BCUT2D eigenvalue weighted by Gasteiger charge is -2.22. The SMILES string of the molecule is CO[C@@H]1CN(C(=O)C2=NN(C)C(=O)CC2)C[C@H]1c1cn(C)nn1. The van der Waals surface area contributed by atoms with Crippen molar-refractivity contribution in [3.63, 3.8) is 0 Å². The van der Waals surface area contributed by atoms with Crippen LogP contribution in [0.2, 0.25) is 0 Å². The fourth-order valence-electron chi connectivity index (χ4n) is 3.00. The molecule has 0 spiro atoms. The van der Waals surface area contributed by atoms with Gasteiger partial charge in [0.05, 0.1) is 17.7 Å². The van der Waals surface area contributed by atoms with Crippen LogP contribution in [-0.4, -0.2) is 75.8 Å². The maximum Gasteiger partial charge on any atom is 0.270 e. The first kappa shape index (κ1) is 15.6. The average molecular weight is 320 g/mol. The Hall–Kier alpha value is -2.29. The molecule has 3 heterocycles. The van der Waals surface area contributed by atoms with Gasteiger partial charge in [-0.3, -0.25) is 14.3 Å². The number of methoxy groups -OCH3 is 1. The Morgan fingerprint density at radius 1 is 1.30 bits per heavy atom. The second-order valence-electron chi connectivity index (χ2n) is 5.87. The molecule has 3 rings (SSSR count). The fourth-order valence-corrected chi connectivity index (χ4v) is 3.00. The van der Waals surface area contributed by atoms with E-state index in [0.29, 0.717) is 31.6 Å². The summed E-state index contributed by atoms with van der Waals surface area (Å²) in [5.74, 6) is -0.228. The molecule has 9 nitrogen and oxygen atoms in total. The van der Waals surface area contributed by atoms with Gasteiger partial charge < -0.3 is 9.64 Å². The largest absolute Gasteiger partial charge is 0.379 e. The highest BCUT2D eigenvalue weighted by molar-refractivity contribution is 6.39. The molecule has 2 atom stereocenters. The molecule has 9 heteroatoms. The molecular weight excluding hydrogens is 300 g/mol. The Kier molecular flexibility index (Phi) is 4.12. The predicted molar refractivity (Wildman–Crippen MR) is 80.6 cm³/mol. The van der Waals surface area contributed by atoms with E-state index in [0.717, 1.165) is 5.69 Å². The first-order valence-corrected chi connectivity index (χ1v) is 7.52. The highest BCUT2D eigenvalue weighted by Gasteiger charge is 2.39. The predicted octanol–water partition coefficient (Wildman–Crippen LogP) is -0.636. The maximum absolute atomic E-state index is 12.7. The molecule has 0 unspecified atom stereocenters. The highest BCUT2D eigenvalue weighted by atomic mass is 16.5. The standard InChI is InChI=1S/C14H20N6O3/c1-18-7-11(15-17-18)9-6-20(8-12(9)23-3)14(22)10-4-5-13(21)19(2)16-10/h7,9,12H,4-6,8H2,1-3H3/t9-,12+/m0/s1. The number of rotatable bonds is 3. The van der Waals surface area contributed by atoms with E-state index in [-0.39, 0.29) is 23.8 Å². The second kappa shape index (κ2) is 6.07. The van der Waals surface area contributed by atoms with Gasteiger partial charge in [0.25, 0.3) is 5.91 Å². The van der Waals surface area contributed by atoms with Crippen molar-refractivity contribution in [2.45, 2.75) is 24.9 Å². The van der Waals surface area contributed by atoms with Crippen LogP contribution in [0.4, 0.5) is 0 Å². The topological polar surface area (TPSA) is 92.9 Å². The van der Waals surface area contributed by atoms with Gasteiger partial charge in [-0.05, 0) is 0 Å².